The van der Waals surface area contributed by atoms with Gasteiger partial charge < -0.3 is 14.8 Å². The molecule has 4 aromatic rings. The zero-order chi connectivity index (χ0) is 24.2. The van der Waals surface area contributed by atoms with Crippen molar-refractivity contribution < 1.29 is 18.3 Å². The zero-order valence-corrected chi connectivity index (χ0v) is 18.7. The van der Waals surface area contributed by atoms with Gasteiger partial charge in [0.25, 0.3) is 0 Å². The van der Waals surface area contributed by atoms with Gasteiger partial charge in [-0.15, -0.1) is 0 Å². The van der Waals surface area contributed by atoms with E-state index >= 15 is 0 Å². The second kappa shape index (κ2) is 10.1. The molecule has 2 aromatic heterocycles. The highest BCUT2D eigenvalue weighted by Gasteiger charge is 2.16. The van der Waals surface area contributed by atoms with Crippen LogP contribution in [-0.2, 0) is 11.3 Å². The van der Waals surface area contributed by atoms with Crippen molar-refractivity contribution >= 4 is 5.82 Å². The summed E-state index contributed by atoms with van der Waals surface area (Å²) >= 11 is 0. The fourth-order valence-electron chi connectivity index (χ4n) is 3.83. The number of aromatic nitrogens is 4. The third kappa shape index (κ3) is 5.22. The summed E-state index contributed by atoms with van der Waals surface area (Å²) in [5, 5.41) is 7.39. The molecule has 1 saturated heterocycles. The van der Waals surface area contributed by atoms with Crippen molar-refractivity contribution in [3.8, 4) is 17.2 Å². The second-order valence-corrected chi connectivity index (χ2v) is 8.24. The summed E-state index contributed by atoms with van der Waals surface area (Å²) < 4.78 is 41.5. The van der Waals surface area contributed by atoms with Gasteiger partial charge in [0, 0.05) is 36.9 Å². The molecule has 2 aromatic carbocycles. The summed E-state index contributed by atoms with van der Waals surface area (Å²) in [7, 11) is 0. The number of rotatable bonds is 8. The Hall–Kier alpha value is -4.05. The predicted octanol–water partition coefficient (Wildman–Crippen LogP) is 4.00. The van der Waals surface area contributed by atoms with Crippen molar-refractivity contribution in [3.63, 3.8) is 0 Å². The molecule has 10 heteroatoms. The first-order chi connectivity index (χ1) is 17.1. The molecule has 35 heavy (non-hydrogen) atoms. The summed E-state index contributed by atoms with van der Waals surface area (Å²) in [6.45, 7) is 2.09. The molecule has 1 aliphatic heterocycles. The van der Waals surface area contributed by atoms with Crippen molar-refractivity contribution in [1.82, 2.24) is 19.3 Å². The molecular formula is C25H23F2N5O3. The smallest absolute Gasteiger partial charge is 0.350 e. The normalized spacial score (nSPS) is 15.3. The molecule has 0 spiro atoms. The van der Waals surface area contributed by atoms with E-state index in [0.717, 1.165) is 53.4 Å². The van der Waals surface area contributed by atoms with Gasteiger partial charge in [0.15, 0.2) is 0 Å². The lowest BCUT2D eigenvalue weighted by molar-refractivity contribution is 0.187. The molecule has 8 nitrogen and oxygen atoms in total. The van der Waals surface area contributed by atoms with Crippen LogP contribution in [0.15, 0.2) is 71.9 Å². The molecule has 0 radical (unpaired) electrons. The van der Waals surface area contributed by atoms with Crippen LogP contribution in [0, 0.1) is 17.6 Å². The number of hydrogen-bond acceptors (Lipinski definition) is 6. The van der Waals surface area contributed by atoms with Gasteiger partial charge in [0.2, 0.25) is 0 Å². The second-order valence-electron chi connectivity index (χ2n) is 8.24. The minimum Gasteiger partial charge on any atom is -0.457 e. The lowest BCUT2D eigenvalue weighted by Crippen LogP contribution is -2.24. The Morgan fingerprint density at radius 1 is 1.09 bits per heavy atom. The molecule has 1 N–H and O–H groups in total. The predicted molar refractivity (Wildman–Crippen MR) is 125 cm³/mol. The monoisotopic (exact) mass is 479 g/mol. The Morgan fingerprint density at radius 2 is 1.89 bits per heavy atom. The van der Waals surface area contributed by atoms with Crippen molar-refractivity contribution in [1.29, 1.82) is 0 Å². The number of pyridine rings is 1. The Kier molecular flexibility index (Phi) is 6.53. The van der Waals surface area contributed by atoms with Crippen LogP contribution >= 0.6 is 0 Å². The highest BCUT2D eigenvalue weighted by atomic mass is 19.1. The van der Waals surface area contributed by atoms with E-state index in [-0.39, 0.29) is 12.1 Å². The zero-order valence-electron chi connectivity index (χ0n) is 18.7. The van der Waals surface area contributed by atoms with E-state index in [9.17, 15) is 13.6 Å². The van der Waals surface area contributed by atoms with Crippen LogP contribution in [0.4, 0.5) is 14.6 Å². The molecule has 1 fully saturated rings. The number of hydrogen-bond donors (Lipinski definition) is 1. The molecule has 180 valence electrons. The van der Waals surface area contributed by atoms with Crippen LogP contribution in [0.1, 0.15) is 12.0 Å². The topological polar surface area (TPSA) is 83.2 Å². The van der Waals surface area contributed by atoms with E-state index in [1.54, 1.807) is 36.5 Å². The highest BCUT2D eigenvalue weighted by molar-refractivity contribution is 5.44. The fourth-order valence-corrected chi connectivity index (χ4v) is 3.83. The molecule has 1 aliphatic rings. The maximum Gasteiger partial charge on any atom is 0.350 e. The number of nitrogens with one attached hydrogen (secondary N) is 1. The Bertz CT molecular complexity index is 1340. The van der Waals surface area contributed by atoms with Crippen molar-refractivity contribution in [2.45, 2.75) is 13.0 Å². The Morgan fingerprint density at radius 3 is 2.63 bits per heavy atom. The van der Waals surface area contributed by atoms with Gasteiger partial charge in [-0.2, -0.15) is 9.78 Å². The van der Waals surface area contributed by atoms with Gasteiger partial charge in [-0.25, -0.2) is 18.6 Å². The van der Waals surface area contributed by atoms with Crippen molar-refractivity contribution in [2.75, 3.05) is 25.1 Å². The van der Waals surface area contributed by atoms with Gasteiger partial charge in [0.1, 0.15) is 35.3 Å². The van der Waals surface area contributed by atoms with E-state index in [2.05, 4.69) is 15.4 Å². The van der Waals surface area contributed by atoms with Crippen LogP contribution in [-0.4, -0.2) is 39.1 Å². The van der Waals surface area contributed by atoms with Crippen molar-refractivity contribution in [2.24, 2.45) is 5.92 Å². The summed E-state index contributed by atoms with van der Waals surface area (Å²) in [6, 6.07) is 13.9. The lowest BCUT2D eigenvalue weighted by atomic mass is 10.1. The van der Waals surface area contributed by atoms with Crippen molar-refractivity contribution in [3.05, 3.63) is 94.8 Å². The summed E-state index contributed by atoms with van der Waals surface area (Å²) in [4.78, 5) is 17.1. The van der Waals surface area contributed by atoms with E-state index in [1.807, 2.05) is 6.07 Å². The SMILES string of the molecule is O=c1n(Cc2c(F)cccc2F)cnn1-c1ccc(Oc2ccnc(NCC3CCOC3)c2)cc1. The molecule has 1 unspecified atom stereocenters. The third-order valence-electron chi connectivity index (χ3n) is 5.77. The summed E-state index contributed by atoms with van der Waals surface area (Å²) in [6.07, 6.45) is 3.96. The van der Waals surface area contributed by atoms with Gasteiger partial charge in [-0.3, -0.25) is 4.57 Å². The van der Waals surface area contributed by atoms with Crippen LogP contribution in [0.2, 0.25) is 0 Å². The Labute approximate surface area is 199 Å². The minimum atomic E-state index is -0.715. The number of benzene rings is 2. The average Bonchev–Trinajstić information content (AvgIpc) is 3.51. The first kappa shape index (κ1) is 22.7. The van der Waals surface area contributed by atoms with Gasteiger partial charge in [0.05, 0.1) is 18.8 Å². The molecular weight excluding hydrogens is 456 g/mol. The molecule has 0 amide bonds. The molecule has 0 aliphatic carbocycles. The number of anilines is 1. The first-order valence-electron chi connectivity index (χ1n) is 11.2. The minimum absolute atomic E-state index is 0.194. The summed E-state index contributed by atoms with van der Waals surface area (Å²) in [5.74, 6) is 0.949. The summed E-state index contributed by atoms with van der Waals surface area (Å²) in [5.41, 5.74) is -0.217. The van der Waals surface area contributed by atoms with Gasteiger partial charge >= 0.3 is 5.69 Å². The van der Waals surface area contributed by atoms with Gasteiger partial charge in [-0.1, -0.05) is 6.07 Å². The Balaban J connectivity index is 1.26. The van der Waals surface area contributed by atoms with Crippen LogP contribution in [0.25, 0.3) is 5.69 Å². The molecule has 3 heterocycles. The molecule has 0 bridgehead atoms. The third-order valence-corrected chi connectivity index (χ3v) is 5.77. The lowest BCUT2D eigenvalue weighted by Gasteiger charge is -2.11. The average molecular weight is 479 g/mol. The number of halogens is 2. The van der Waals surface area contributed by atoms with E-state index in [0.29, 0.717) is 23.1 Å². The van der Waals surface area contributed by atoms with Crippen LogP contribution < -0.4 is 15.7 Å². The van der Waals surface area contributed by atoms with Gasteiger partial charge in [-0.05, 0) is 48.9 Å². The quantitative estimate of drug-likeness (QED) is 0.412. The fraction of sp³-hybridized carbons (Fsp3) is 0.240. The maximum atomic E-state index is 14.0. The van der Waals surface area contributed by atoms with E-state index < -0.39 is 17.3 Å². The number of nitrogens with zero attached hydrogens (tertiary/aromatic N) is 4. The van der Waals surface area contributed by atoms with Crippen LogP contribution in [0.3, 0.4) is 0 Å². The first-order valence-corrected chi connectivity index (χ1v) is 11.2. The van der Waals surface area contributed by atoms with Crippen LogP contribution in [0.5, 0.6) is 11.5 Å². The van der Waals surface area contributed by atoms with E-state index in [1.165, 1.54) is 12.4 Å². The standard InChI is InChI=1S/C25H23F2N5O3/c26-22-2-1-3-23(27)21(22)14-31-16-30-32(25(31)33)18-4-6-19(7-5-18)35-20-8-10-28-24(12-20)29-13-17-9-11-34-15-17/h1-8,10,12,16-17H,9,11,13-15H2,(H,28,29). The molecule has 0 saturated carbocycles. The number of ether oxygens (including phenoxy) is 2. The molecule has 1 atom stereocenters. The van der Waals surface area contributed by atoms with E-state index in [4.69, 9.17) is 9.47 Å². The molecule has 5 rings (SSSR count). The largest absolute Gasteiger partial charge is 0.457 e. The highest BCUT2D eigenvalue weighted by Crippen LogP contribution is 2.24. The maximum absolute atomic E-state index is 14.0.